The molecule has 2 rings (SSSR count). The molecular weight excluding hydrogens is 322 g/mol. The van der Waals surface area contributed by atoms with Crippen molar-refractivity contribution in [3.8, 4) is 11.8 Å². The van der Waals surface area contributed by atoms with Crippen molar-refractivity contribution in [1.29, 1.82) is 5.26 Å². The van der Waals surface area contributed by atoms with Gasteiger partial charge < -0.3 is 14.5 Å². The van der Waals surface area contributed by atoms with E-state index in [-0.39, 0.29) is 5.41 Å². The minimum atomic E-state index is -0.197. The van der Waals surface area contributed by atoms with Gasteiger partial charge in [0, 0.05) is 31.5 Å². The van der Waals surface area contributed by atoms with E-state index < -0.39 is 0 Å². The molecule has 1 saturated heterocycles. The molecule has 1 aliphatic heterocycles. The molecule has 0 aromatic heterocycles. The Labute approximate surface area is 159 Å². The van der Waals surface area contributed by atoms with E-state index in [2.05, 4.69) is 62.3 Å². The van der Waals surface area contributed by atoms with Crippen molar-refractivity contribution in [2.45, 2.75) is 58.8 Å². The molecule has 0 saturated carbocycles. The van der Waals surface area contributed by atoms with E-state index in [1.165, 1.54) is 17.5 Å². The SMILES string of the molecule is C=C1N(CC)CCCCN1c1cc(CC)c(C(C)(C)CC#N)cc1OC. The third-order valence-corrected chi connectivity index (χ3v) is 5.44. The Morgan fingerprint density at radius 2 is 1.92 bits per heavy atom. The topological polar surface area (TPSA) is 39.5 Å². The minimum Gasteiger partial charge on any atom is -0.495 e. The summed E-state index contributed by atoms with van der Waals surface area (Å²) >= 11 is 0. The van der Waals surface area contributed by atoms with E-state index in [9.17, 15) is 5.26 Å². The lowest BCUT2D eigenvalue weighted by molar-refractivity contribution is 0.363. The van der Waals surface area contributed by atoms with E-state index in [1.807, 2.05) is 0 Å². The second-order valence-electron chi connectivity index (χ2n) is 7.61. The van der Waals surface area contributed by atoms with Gasteiger partial charge in [-0.3, -0.25) is 0 Å². The molecule has 26 heavy (non-hydrogen) atoms. The zero-order chi connectivity index (χ0) is 19.3. The number of hydrogen-bond acceptors (Lipinski definition) is 4. The molecule has 0 spiro atoms. The van der Waals surface area contributed by atoms with Gasteiger partial charge in [0.25, 0.3) is 0 Å². The molecule has 0 aliphatic carbocycles. The Hall–Kier alpha value is -2.15. The molecule has 4 heteroatoms. The Bertz CT molecular complexity index is 687. The number of benzene rings is 1. The lowest BCUT2D eigenvalue weighted by atomic mass is 9.78. The third kappa shape index (κ3) is 3.98. The lowest BCUT2D eigenvalue weighted by Crippen LogP contribution is -2.33. The van der Waals surface area contributed by atoms with Gasteiger partial charge in [-0.05, 0) is 49.4 Å². The number of nitriles is 1. The van der Waals surface area contributed by atoms with Crippen molar-refractivity contribution in [1.82, 2.24) is 4.90 Å². The van der Waals surface area contributed by atoms with Crippen molar-refractivity contribution in [3.63, 3.8) is 0 Å². The highest BCUT2D eigenvalue weighted by atomic mass is 16.5. The van der Waals surface area contributed by atoms with Crippen LogP contribution in [0, 0.1) is 11.3 Å². The maximum atomic E-state index is 9.23. The predicted molar refractivity (Wildman–Crippen MR) is 109 cm³/mol. The molecule has 1 fully saturated rings. The molecule has 0 bridgehead atoms. The fourth-order valence-corrected chi connectivity index (χ4v) is 3.80. The molecule has 142 valence electrons. The summed E-state index contributed by atoms with van der Waals surface area (Å²) in [5.41, 5.74) is 3.37. The first-order chi connectivity index (χ1) is 12.4. The highest BCUT2D eigenvalue weighted by Gasteiger charge is 2.28. The first-order valence-electron chi connectivity index (χ1n) is 9.69. The summed E-state index contributed by atoms with van der Waals surface area (Å²) in [7, 11) is 1.73. The summed E-state index contributed by atoms with van der Waals surface area (Å²) in [4.78, 5) is 4.64. The van der Waals surface area contributed by atoms with Crippen LogP contribution in [0.15, 0.2) is 24.5 Å². The highest BCUT2D eigenvalue weighted by molar-refractivity contribution is 5.65. The van der Waals surface area contributed by atoms with Crippen LogP contribution in [0.25, 0.3) is 0 Å². The lowest BCUT2D eigenvalue weighted by Gasteiger charge is -2.34. The molecule has 0 radical (unpaired) electrons. The molecule has 4 nitrogen and oxygen atoms in total. The van der Waals surface area contributed by atoms with Crippen molar-refractivity contribution >= 4 is 5.69 Å². The second kappa shape index (κ2) is 8.49. The van der Waals surface area contributed by atoms with E-state index in [0.717, 1.165) is 49.7 Å². The van der Waals surface area contributed by atoms with Gasteiger partial charge >= 0.3 is 0 Å². The fraction of sp³-hybridized carbons (Fsp3) is 0.591. The van der Waals surface area contributed by atoms with Gasteiger partial charge in [0.1, 0.15) is 11.6 Å². The van der Waals surface area contributed by atoms with Crippen LogP contribution in [0.1, 0.15) is 58.1 Å². The molecule has 0 unspecified atom stereocenters. The molecule has 1 heterocycles. The number of ether oxygens (including phenoxy) is 1. The maximum Gasteiger partial charge on any atom is 0.142 e. The van der Waals surface area contributed by atoms with E-state index in [0.29, 0.717) is 6.42 Å². The van der Waals surface area contributed by atoms with Gasteiger partial charge in [0.2, 0.25) is 0 Å². The van der Waals surface area contributed by atoms with Gasteiger partial charge in [-0.1, -0.05) is 27.4 Å². The normalized spacial score (nSPS) is 15.6. The number of methoxy groups -OCH3 is 1. The van der Waals surface area contributed by atoms with E-state index in [1.54, 1.807) is 7.11 Å². The fourth-order valence-electron chi connectivity index (χ4n) is 3.80. The Morgan fingerprint density at radius 1 is 1.23 bits per heavy atom. The standard InChI is InChI=1S/C22H33N3O/c1-7-18-15-20(25-14-10-9-13-24(8-2)17(25)3)21(26-6)16-19(18)22(4,5)11-12-23/h15-16H,3,7-11,13-14H2,1-2,4-6H3. The van der Waals surface area contributed by atoms with E-state index >= 15 is 0 Å². The van der Waals surface area contributed by atoms with Crippen molar-refractivity contribution in [2.24, 2.45) is 0 Å². The monoisotopic (exact) mass is 355 g/mol. The number of hydrogen-bond donors (Lipinski definition) is 0. The minimum absolute atomic E-state index is 0.197. The summed E-state index contributed by atoms with van der Waals surface area (Å²) in [6.07, 6.45) is 3.74. The van der Waals surface area contributed by atoms with Crippen molar-refractivity contribution in [3.05, 3.63) is 35.7 Å². The van der Waals surface area contributed by atoms with Gasteiger partial charge in [0.05, 0.1) is 18.9 Å². The van der Waals surface area contributed by atoms with Gasteiger partial charge in [-0.2, -0.15) is 5.26 Å². The van der Waals surface area contributed by atoms with E-state index in [4.69, 9.17) is 4.74 Å². The summed E-state index contributed by atoms with van der Waals surface area (Å²) in [6.45, 7) is 16.0. The quantitative estimate of drug-likeness (QED) is 0.732. The molecule has 1 aliphatic rings. The Kier molecular flexibility index (Phi) is 6.58. The summed E-state index contributed by atoms with van der Waals surface area (Å²) in [6, 6.07) is 6.72. The molecule has 0 N–H and O–H groups in total. The summed E-state index contributed by atoms with van der Waals surface area (Å²) < 4.78 is 5.79. The van der Waals surface area contributed by atoms with Crippen LogP contribution >= 0.6 is 0 Å². The second-order valence-corrected chi connectivity index (χ2v) is 7.61. The molecule has 1 aromatic rings. The van der Waals surface area contributed by atoms with Crippen LogP contribution in [-0.4, -0.2) is 31.6 Å². The number of rotatable bonds is 6. The third-order valence-electron chi connectivity index (χ3n) is 5.44. The molecule has 1 aromatic carbocycles. The smallest absolute Gasteiger partial charge is 0.142 e. The van der Waals surface area contributed by atoms with Crippen LogP contribution in [-0.2, 0) is 11.8 Å². The number of anilines is 1. The average molecular weight is 356 g/mol. The van der Waals surface area contributed by atoms with Crippen LogP contribution < -0.4 is 9.64 Å². The van der Waals surface area contributed by atoms with Crippen LogP contribution in [0.2, 0.25) is 0 Å². The van der Waals surface area contributed by atoms with Gasteiger partial charge in [-0.15, -0.1) is 0 Å². The molecule has 0 atom stereocenters. The zero-order valence-electron chi connectivity index (χ0n) is 17.1. The highest BCUT2D eigenvalue weighted by Crippen LogP contribution is 2.40. The summed E-state index contributed by atoms with van der Waals surface area (Å²) in [5.74, 6) is 1.91. The van der Waals surface area contributed by atoms with Crippen molar-refractivity contribution in [2.75, 3.05) is 31.6 Å². The first kappa shape index (κ1) is 20.2. The predicted octanol–water partition coefficient (Wildman–Crippen LogP) is 4.84. The van der Waals surface area contributed by atoms with Crippen LogP contribution in [0.3, 0.4) is 0 Å². The zero-order valence-corrected chi connectivity index (χ0v) is 17.1. The van der Waals surface area contributed by atoms with Gasteiger partial charge in [0.15, 0.2) is 0 Å². The molecule has 0 amide bonds. The maximum absolute atomic E-state index is 9.23. The molecular formula is C22H33N3O. The number of aryl methyl sites for hydroxylation is 1. The Morgan fingerprint density at radius 3 is 2.50 bits per heavy atom. The largest absolute Gasteiger partial charge is 0.495 e. The number of nitrogens with zero attached hydrogens (tertiary/aromatic N) is 3. The Balaban J connectivity index is 2.55. The van der Waals surface area contributed by atoms with Gasteiger partial charge in [-0.25, -0.2) is 0 Å². The average Bonchev–Trinajstić information content (AvgIpc) is 2.81. The first-order valence-corrected chi connectivity index (χ1v) is 9.69. The van der Waals surface area contributed by atoms with Crippen LogP contribution in [0.5, 0.6) is 5.75 Å². The van der Waals surface area contributed by atoms with Crippen molar-refractivity contribution < 1.29 is 4.74 Å². The summed E-state index contributed by atoms with van der Waals surface area (Å²) in [5, 5.41) is 9.23. The van der Waals surface area contributed by atoms with Crippen LogP contribution in [0.4, 0.5) is 5.69 Å².